The van der Waals surface area contributed by atoms with Gasteiger partial charge in [-0.1, -0.05) is 12.1 Å². The number of nitrogens with two attached hydrogens (primary N) is 1. The van der Waals surface area contributed by atoms with Crippen molar-refractivity contribution in [3.8, 4) is 0 Å². The van der Waals surface area contributed by atoms with E-state index >= 15 is 0 Å². The fourth-order valence-electron chi connectivity index (χ4n) is 1.38. The first kappa shape index (κ1) is 20.2. The molecular weight excluding hydrogens is 329 g/mol. The molecule has 0 aliphatic heterocycles. The molecule has 0 fully saturated rings. The molecule has 1 aromatic rings. The first-order valence-electron chi connectivity index (χ1n) is 5.83. The van der Waals surface area contributed by atoms with Crippen molar-refractivity contribution in [2.45, 2.75) is 36.9 Å². The molecule has 0 atom stereocenters. The highest BCUT2D eigenvalue weighted by Crippen LogP contribution is 2.22. The summed E-state index contributed by atoms with van der Waals surface area (Å²) in [6.45, 7) is 3.34. The third-order valence-electron chi connectivity index (χ3n) is 2.36. The van der Waals surface area contributed by atoms with E-state index in [0.717, 1.165) is 24.3 Å². The Morgan fingerprint density at radius 3 is 2.00 bits per heavy atom. The van der Waals surface area contributed by atoms with Gasteiger partial charge in [0.05, 0.1) is 11.3 Å². The van der Waals surface area contributed by atoms with Gasteiger partial charge in [0.15, 0.2) is 0 Å². The van der Waals surface area contributed by atoms with Gasteiger partial charge in [0.2, 0.25) is 10.0 Å². The highest BCUT2D eigenvalue weighted by molar-refractivity contribution is 7.89. The van der Waals surface area contributed by atoms with Crippen LogP contribution in [0.15, 0.2) is 29.2 Å². The van der Waals surface area contributed by atoms with Crippen LogP contribution in [0.1, 0.15) is 19.4 Å². The SMILES string of the molecule is CC(C)(N)CNS(=O)(=O)c1ccc(CC(F)(F)F)cc1.Cl. The fourth-order valence-corrected chi connectivity index (χ4v) is 2.61. The van der Waals surface area contributed by atoms with Gasteiger partial charge in [0.25, 0.3) is 0 Å². The van der Waals surface area contributed by atoms with Crippen molar-refractivity contribution in [1.82, 2.24) is 4.72 Å². The topological polar surface area (TPSA) is 72.2 Å². The lowest BCUT2D eigenvalue weighted by molar-refractivity contribution is -0.127. The average Bonchev–Trinajstić information content (AvgIpc) is 2.24. The van der Waals surface area contributed by atoms with Crippen molar-refractivity contribution >= 4 is 22.4 Å². The van der Waals surface area contributed by atoms with Gasteiger partial charge in [-0.05, 0) is 31.5 Å². The van der Waals surface area contributed by atoms with Gasteiger partial charge < -0.3 is 5.73 Å². The van der Waals surface area contributed by atoms with Crippen molar-refractivity contribution in [2.75, 3.05) is 6.54 Å². The molecule has 0 heterocycles. The van der Waals surface area contributed by atoms with Crippen molar-refractivity contribution in [1.29, 1.82) is 0 Å². The van der Waals surface area contributed by atoms with Crippen molar-refractivity contribution in [2.24, 2.45) is 5.73 Å². The molecule has 9 heteroatoms. The minimum Gasteiger partial charge on any atom is -0.324 e. The smallest absolute Gasteiger partial charge is 0.324 e. The zero-order chi connectivity index (χ0) is 15.6. The van der Waals surface area contributed by atoms with Gasteiger partial charge >= 0.3 is 6.18 Å². The van der Waals surface area contributed by atoms with Gasteiger partial charge in [-0.15, -0.1) is 12.4 Å². The van der Waals surface area contributed by atoms with E-state index in [9.17, 15) is 21.6 Å². The lowest BCUT2D eigenvalue weighted by Crippen LogP contribution is -2.45. The summed E-state index contributed by atoms with van der Waals surface area (Å²) in [5.74, 6) is 0. The normalized spacial score (nSPS) is 12.9. The summed E-state index contributed by atoms with van der Waals surface area (Å²) in [4.78, 5) is -0.0901. The number of nitrogens with one attached hydrogen (secondary N) is 1. The molecule has 0 spiro atoms. The number of rotatable bonds is 5. The summed E-state index contributed by atoms with van der Waals surface area (Å²) in [5, 5.41) is 0. The Bertz CT molecular complexity index is 551. The molecule has 0 unspecified atom stereocenters. The van der Waals surface area contributed by atoms with Gasteiger partial charge in [-0.3, -0.25) is 0 Å². The van der Waals surface area contributed by atoms with Crippen molar-refractivity contribution < 1.29 is 21.6 Å². The summed E-state index contributed by atoms with van der Waals surface area (Å²) >= 11 is 0. The average molecular weight is 347 g/mol. The van der Waals surface area contributed by atoms with Crippen LogP contribution in [0.3, 0.4) is 0 Å². The van der Waals surface area contributed by atoms with E-state index in [0.29, 0.717) is 0 Å². The third-order valence-corrected chi connectivity index (χ3v) is 3.77. The quantitative estimate of drug-likeness (QED) is 0.858. The van der Waals surface area contributed by atoms with Crippen LogP contribution in [0.2, 0.25) is 0 Å². The second-order valence-electron chi connectivity index (χ2n) is 5.25. The zero-order valence-corrected chi connectivity index (χ0v) is 13.2. The largest absolute Gasteiger partial charge is 0.393 e. The second-order valence-corrected chi connectivity index (χ2v) is 7.02. The Balaban J connectivity index is 0.00000400. The molecule has 0 aromatic heterocycles. The maximum atomic E-state index is 12.2. The van der Waals surface area contributed by atoms with Gasteiger partial charge in [-0.25, -0.2) is 13.1 Å². The van der Waals surface area contributed by atoms with Crippen LogP contribution in [0.4, 0.5) is 13.2 Å². The standard InChI is InChI=1S/C12H17F3N2O2S.ClH/c1-11(2,16)8-17-20(18,19)10-5-3-9(4-6-10)7-12(13,14)15;/h3-6,17H,7-8,16H2,1-2H3;1H. The van der Waals surface area contributed by atoms with Crippen LogP contribution in [-0.2, 0) is 16.4 Å². The Labute approximate surface area is 128 Å². The Kier molecular flexibility index (Phi) is 6.68. The van der Waals surface area contributed by atoms with Crippen molar-refractivity contribution in [3.63, 3.8) is 0 Å². The van der Waals surface area contributed by atoms with Gasteiger partial charge in [0, 0.05) is 12.1 Å². The highest BCUT2D eigenvalue weighted by Gasteiger charge is 2.27. The molecule has 1 aromatic carbocycles. The van der Waals surface area contributed by atoms with E-state index in [1.165, 1.54) is 0 Å². The van der Waals surface area contributed by atoms with Crippen LogP contribution in [0.5, 0.6) is 0 Å². The third kappa shape index (κ3) is 7.66. The summed E-state index contributed by atoms with van der Waals surface area (Å²) in [6.07, 6.45) is -5.40. The van der Waals surface area contributed by atoms with Crippen LogP contribution in [0.25, 0.3) is 0 Å². The molecular formula is C12H18ClF3N2O2S. The summed E-state index contributed by atoms with van der Waals surface area (Å²) in [5.41, 5.74) is 4.95. The molecule has 0 radical (unpaired) electrons. The number of alkyl halides is 3. The van der Waals surface area contributed by atoms with Crippen LogP contribution in [-0.4, -0.2) is 26.7 Å². The lowest BCUT2D eigenvalue weighted by Gasteiger charge is -2.19. The molecule has 1 rings (SSSR count). The number of sulfonamides is 1. The Hall–Kier alpha value is -0.830. The maximum absolute atomic E-state index is 12.2. The van der Waals surface area contributed by atoms with E-state index in [1.807, 2.05) is 0 Å². The molecule has 0 saturated heterocycles. The van der Waals surface area contributed by atoms with Gasteiger partial charge in [0.1, 0.15) is 0 Å². The summed E-state index contributed by atoms with van der Waals surface area (Å²) in [7, 11) is -3.77. The summed E-state index contributed by atoms with van der Waals surface area (Å²) < 4.78 is 62.6. The molecule has 3 N–H and O–H groups in total. The molecule has 0 bridgehead atoms. The number of hydrogen-bond acceptors (Lipinski definition) is 3. The molecule has 122 valence electrons. The second kappa shape index (κ2) is 6.95. The first-order valence-corrected chi connectivity index (χ1v) is 7.32. The minimum atomic E-state index is -4.32. The maximum Gasteiger partial charge on any atom is 0.393 e. The van der Waals surface area contributed by atoms with E-state index in [2.05, 4.69) is 4.72 Å². The fraction of sp³-hybridized carbons (Fsp3) is 0.500. The predicted octanol–water partition coefficient (Wildman–Crippen LogP) is 2.23. The Morgan fingerprint density at radius 1 is 1.14 bits per heavy atom. The predicted molar refractivity (Wildman–Crippen MR) is 76.9 cm³/mol. The molecule has 0 amide bonds. The highest BCUT2D eigenvalue weighted by atomic mass is 35.5. The van der Waals surface area contributed by atoms with E-state index in [-0.39, 0.29) is 29.4 Å². The zero-order valence-electron chi connectivity index (χ0n) is 11.6. The molecule has 0 saturated carbocycles. The molecule has 0 aliphatic rings. The first-order chi connectivity index (χ1) is 8.89. The van der Waals surface area contributed by atoms with E-state index in [4.69, 9.17) is 5.73 Å². The minimum absolute atomic E-state index is 0. The van der Waals surface area contributed by atoms with Gasteiger partial charge in [-0.2, -0.15) is 13.2 Å². The number of halogens is 4. The van der Waals surface area contributed by atoms with Crippen molar-refractivity contribution in [3.05, 3.63) is 29.8 Å². The van der Waals surface area contributed by atoms with Crippen LogP contribution < -0.4 is 10.5 Å². The lowest BCUT2D eigenvalue weighted by atomic mass is 10.1. The molecule has 21 heavy (non-hydrogen) atoms. The van der Waals surface area contributed by atoms with E-state index < -0.39 is 28.2 Å². The van der Waals surface area contributed by atoms with E-state index in [1.54, 1.807) is 13.8 Å². The number of benzene rings is 1. The molecule has 4 nitrogen and oxygen atoms in total. The van der Waals surface area contributed by atoms with Crippen LogP contribution >= 0.6 is 12.4 Å². The van der Waals surface area contributed by atoms with Crippen LogP contribution in [0, 0.1) is 0 Å². The Morgan fingerprint density at radius 2 is 1.62 bits per heavy atom. The number of hydrogen-bond donors (Lipinski definition) is 2. The molecule has 0 aliphatic carbocycles. The summed E-state index contributed by atoms with van der Waals surface area (Å²) in [6, 6.07) is 4.59. The monoisotopic (exact) mass is 346 g/mol.